The normalized spacial score (nSPS) is 11.1. The molecular formula is C18H13ClFNO3. The quantitative estimate of drug-likeness (QED) is 0.374. The number of ketones is 1. The maximum absolute atomic E-state index is 13.5. The van der Waals surface area contributed by atoms with Gasteiger partial charge in [-0.2, -0.15) is 0 Å². The molecule has 2 rings (SSSR count). The van der Waals surface area contributed by atoms with Crippen molar-refractivity contribution in [2.45, 2.75) is 0 Å². The van der Waals surface area contributed by atoms with Gasteiger partial charge in [0.05, 0.1) is 5.56 Å². The molecule has 0 radical (unpaired) electrons. The molecule has 0 aromatic heterocycles. The minimum atomic E-state index is -0.662. The molecule has 4 nitrogen and oxygen atoms in total. The van der Waals surface area contributed by atoms with Gasteiger partial charge in [-0.25, -0.2) is 9.87 Å². The molecule has 2 N–H and O–H groups in total. The highest BCUT2D eigenvalue weighted by Crippen LogP contribution is 2.20. The zero-order valence-electron chi connectivity index (χ0n) is 12.4. The summed E-state index contributed by atoms with van der Waals surface area (Å²) < 4.78 is 13.5. The monoisotopic (exact) mass is 345 g/mol. The van der Waals surface area contributed by atoms with Crippen molar-refractivity contribution >= 4 is 35.4 Å². The van der Waals surface area contributed by atoms with Gasteiger partial charge in [0, 0.05) is 11.1 Å². The van der Waals surface area contributed by atoms with E-state index in [0.29, 0.717) is 16.1 Å². The molecule has 0 bridgehead atoms. The van der Waals surface area contributed by atoms with E-state index in [1.165, 1.54) is 41.9 Å². The maximum Gasteiger partial charge on any atom is 0.267 e. The van der Waals surface area contributed by atoms with Gasteiger partial charge in [-0.3, -0.25) is 14.8 Å². The molecule has 0 unspecified atom stereocenters. The van der Waals surface area contributed by atoms with Crippen molar-refractivity contribution in [3.63, 3.8) is 0 Å². The summed E-state index contributed by atoms with van der Waals surface area (Å²) in [5, 5.41) is 8.76. The van der Waals surface area contributed by atoms with Crippen molar-refractivity contribution < 1.29 is 19.2 Å². The summed E-state index contributed by atoms with van der Waals surface area (Å²) in [5.74, 6) is -1.71. The van der Waals surface area contributed by atoms with E-state index in [-0.39, 0.29) is 5.56 Å². The Morgan fingerprint density at radius 1 is 1.08 bits per heavy atom. The Kier molecular flexibility index (Phi) is 6.01. The van der Waals surface area contributed by atoms with Crippen LogP contribution in [-0.4, -0.2) is 16.9 Å². The van der Waals surface area contributed by atoms with E-state index >= 15 is 0 Å². The van der Waals surface area contributed by atoms with E-state index in [9.17, 15) is 14.0 Å². The second-order valence-corrected chi connectivity index (χ2v) is 5.17. The van der Waals surface area contributed by atoms with Crippen LogP contribution in [0.2, 0.25) is 5.02 Å². The molecule has 0 aliphatic rings. The van der Waals surface area contributed by atoms with Crippen molar-refractivity contribution in [3.05, 3.63) is 82.1 Å². The lowest BCUT2D eigenvalue weighted by atomic mass is 10.1. The fourth-order valence-electron chi connectivity index (χ4n) is 1.91. The number of rotatable bonds is 5. The minimum Gasteiger partial charge on any atom is -0.289 e. The molecule has 0 heterocycles. The minimum absolute atomic E-state index is 0.0144. The highest BCUT2D eigenvalue weighted by Gasteiger charge is 2.07. The number of allylic oxidation sites excluding steroid dienone is 1. The van der Waals surface area contributed by atoms with E-state index in [4.69, 9.17) is 16.8 Å². The van der Waals surface area contributed by atoms with E-state index in [2.05, 4.69) is 0 Å². The first-order chi connectivity index (χ1) is 11.5. The first-order valence-electron chi connectivity index (χ1n) is 6.90. The molecule has 122 valence electrons. The molecule has 2 aromatic carbocycles. The Morgan fingerprint density at radius 3 is 2.50 bits per heavy atom. The van der Waals surface area contributed by atoms with Crippen LogP contribution >= 0.6 is 11.6 Å². The third-order valence-electron chi connectivity index (χ3n) is 3.12. The van der Waals surface area contributed by atoms with Crippen molar-refractivity contribution in [2.75, 3.05) is 0 Å². The molecule has 0 fully saturated rings. The van der Waals surface area contributed by atoms with Crippen LogP contribution in [0.3, 0.4) is 0 Å². The van der Waals surface area contributed by atoms with Crippen LogP contribution < -0.4 is 5.48 Å². The lowest BCUT2D eigenvalue weighted by molar-refractivity contribution is -0.124. The largest absolute Gasteiger partial charge is 0.289 e. The summed E-state index contributed by atoms with van der Waals surface area (Å²) >= 11 is 6.12. The van der Waals surface area contributed by atoms with Gasteiger partial charge < -0.3 is 0 Å². The summed E-state index contributed by atoms with van der Waals surface area (Å²) in [7, 11) is 0. The van der Waals surface area contributed by atoms with Gasteiger partial charge in [-0.05, 0) is 47.6 Å². The highest BCUT2D eigenvalue weighted by atomic mass is 35.5. The number of carbonyl (C=O) groups excluding carboxylic acids is 2. The fraction of sp³-hybridized carbons (Fsp3) is 0. The number of hydrogen-bond acceptors (Lipinski definition) is 3. The Bertz CT molecular complexity index is 831. The molecule has 1 amide bonds. The van der Waals surface area contributed by atoms with Crippen LogP contribution in [0.5, 0.6) is 0 Å². The third-order valence-corrected chi connectivity index (χ3v) is 3.44. The Hall–Kier alpha value is -2.76. The van der Waals surface area contributed by atoms with Crippen molar-refractivity contribution in [3.8, 4) is 0 Å². The van der Waals surface area contributed by atoms with Crippen LogP contribution in [0.25, 0.3) is 12.2 Å². The molecular weight excluding hydrogens is 333 g/mol. The third kappa shape index (κ3) is 4.62. The van der Waals surface area contributed by atoms with Gasteiger partial charge in [-0.1, -0.05) is 35.9 Å². The number of carbonyl (C=O) groups is 2. The Balaban J connectivity index is 2.16. The fourth-order valence-corrected chi connectivity index (χ4v) is 2.16. The van der Waals surface area contributed by atoms with Crippen LogP contribution in [0.4, 0.5) is 4.39 Å². The molecule has 2 aromatic rings. The van der Waals surface area contributed by atoms with Crippen molar-refractivity contribution in [1.29, 1.82) is 0 Å². The van der Waals surface area contributed by atoms with Crippen LogP contribution in [-0.2, 0) is 4.79 Å². The number of nitrogens with one attached hydrogen (secondary N) is 1. The van der Waals surface area contributed by atoms with E-state index in [1.807, 2.05) is 0 Å². The van der Waals surface area contributed by atoms with Gasteiger partial charge in [0.15, 0.2) is 5.78 Å². The molecule has 24 heavy (non-hydrogen) atoms. The molecule has 0 aliphatic carbocycles. The van der Waals surface area contributed by atoms with Gasteiger partial charge >= 0.3 is 0 Å². The zero-order valence-corrected chi connectivity index (χ0v) is 13.1. The summed E-state index contributed by atoms with van der Waals surface area (Å²) in [6.45, 7) is 0. The second-order valence-electron chi connectivity index (χ2n) is 4.77. The number of amides is 1. The maximum atomic E-state index is 13.5. The molecule has 6 heteroatoms. The Morgan fingerprint density at radius 2 is 1.83 bits per heavy atom. The second kappa shape index (κ2) is 8.19. The first-order valence-corrected chi connectivity index (χ1v) is 7.27. The number of hydroxylamine groups is 1. The number of hydrogen-bond donors (Lipinski definition) is 2. The van der Waals surface area contributed by atoms with Crippen molar-refractivity contribution in [2.24, 2.45) is 0 Å². The van der Waals surface area contributed by atoms with E-state index < -0.39 is 17.5 Å². The number of benzene rings is 2. The van der Waals surface area contributed by atoms with Gasteiger partial charge in [0.25, 0.3) is 5.91 Å². The topological polar surface area (TPSA) is 66.4 Å². The van der Waals surface area contributed by atoms with Gasteiger partial charge in [0.2, 0.25) is 0 Å². The Labute approximate surface area is 142 Å². The lowest BCUT2D eigenvalue weighted by Crippen LogP contribution is -2.14. The van der Waals surface area contributed by atoms with Crippen LogP contribution in [0.15, 0.2) is 54.6 Å². The average molecular weight is 346 g/mol. The molecule has 0 saturated carbocycles. The predicted octanol–water partition coefficient (Wildman–Crippen LogP) is 3.89. The smallest absolute Gasteiger partial charge is 0.267 e. The van der Waals surface area contributed by atoms with Crippen LogP contribution in [0.1, 0.15) is 21.5 Å². The summed E-state index contributed by atoms with van der Waals surface area (Å²) in [5.41, 5.74) is 2.68. The average Bonchev–Trinajstić information content (AvgIpc) is 2.58. The standard InChI is InChI=1S/C18H13ClFNO3/c19-15-11-12(6-10-18(23)21-24)5-7-13(15)8-9-17(22)14-3-1-2-4-16(14)20/h1-11,24H,(H,21,23)/b9-8+,10-6+. The zero-order chi connectivity index (χ0) is 17.5. The van der Waals surface area contributed by atoms with Gasteiger partial charge in [0.1, 0.15) is 5.82 Å². The summed E-state index contributed by atoms with van der Waals surface area (Å²) in [6, 6.07) is 10.7. The summed E-state index contributed by atoms with van der Waals surface area (Å²) in [4.78, 5) is 22.9. The first kappa shape index (κ1) is 17.6. The molecule has 0 atom stereocenters. The molecule has 0 spiro atoms. The van der Waals surface area contributed by atoms with E-state index in [1.54, 1.807) is 24.3 Å². The molecule has 0 saturated heterocycles. The van der Waals surface area contributed by atoms with Crippen LogP contribution in [0, 0.1) is 5.82 Å². The van der Waals surface area contributed by atoms with E-state index in [0.717, 1.165) is 6.08 Å². The lowest BCUT2D eigenvalue weighted by Gasteiger charge is -2.01. The highest BCUT2D eigenvalue weighted by molar-refractivity contribution is 6.32. The molecule has 0 aliphatic heterocycles. The van der Waals surface area contributed by atoms with Gasteiger partial charge in [-0.15, -0.1) is 0 Å². The predicted molar refractivity (Wildman–Crippen MR) is 90.2 cm³/mol. The SMILES string of the molecule is O=C(/C=C/c1ccc(/C=C/C(=O)c2ccccc2F)c(Cl)c1)NO. The summed E-state index contributed by atoms with van der Waals surface area (Å²) in [6.07, 6.45) is 5.34. The van der Waals surface area contributed by atoms with Crippen molar-refractivity contribution in [1.82, 2.24) is 5.48 Å². The number of halogens is 2.